The van der Waals surface area contributed by atoms with Gasteiger partial charge in [0.25, 0.3) is 0 Å². The number of rotatable bonds is 17. The van der Waals surface area contributed by atoms with Crippen molar-refractivity contribution in [3.63, 3.8) is 0 Å². The van der Waals surface area contributed by atoms with Crippen molar-refractivity contribution in [1.82, 2.24) is 0 Å². The van der Waals surface area contributed by atoms with Crippen LogP contribution in [0.4, 0.5) is 0 Å². The summed E-state index contributed by atoms with van der Waals surface area (Å²) >= 11 is 0. The summed E-state index contributed by atoms with van der Waals surface area (Å²) in [5.41, 5.74) is 6.94. The SMILES string of the molecule is NCCOCCC(=O)CCCCCOc1ccc(CC(=O)Cc2ccc(S(N)(=O)=O)cc2)cc1. The molecule has 4 N–H and O–H groups in total. The fourth-order valence-corrected chi connectivity index (χ4v) is 3.82. The lowest BCUT2D eigenvalue weighted by atomic mass is 10.0. The first kappa shape index (κ1) is 27.7. The molecule has 0 aliphatic carbocycles. The van der Waals surface area contributed by atoms with Crippen molar-refractivity contribution in [1.29, 1.82) is 0 Å². The lowest BCUT2D eigenvalue weighted by molar-refractivity contribution is -0.120. The van der Waals surface area contributed by atoms with E-state index in [1.807, 2.05) is 24.3 Å². The minimum Gasteiger partial charge on any atom is -0.494 e. The molecule has 0 aliphatic heterocycles. The Labute approximate surface area is 201 Å². The van der Waals surface area contributed by atoms with Crippen LogP contribution in [0.15, 0.2) is 53.4 Å². The maximum Gasteiger partial charge on any atom is 0.238 e. The van der Waals surface area contributed by atoms with Crippen LogP contribution in [0, 0.1) is 0 Å². The van der Waals surface area contributed by atoms with Crippen molar-refractivity contribution in [3.05, 3.63) is 59.7 Å². The summed E-state index contributed by atoms with van der Waals surface area (Å²) in [6, 6.07) is 13.4. The summed E-state index contributed by atoms with van der Waals surface area (Å²) < 4.78 is 33.6. The second-order valence-electron chi connectivity index (χ2n) is 8.07. The van der Waals surface area contributed by atoms with Crippen LogP contribution < -0.4 is 15.6 Å². The Kier molecular flexibility index (Phi) is 11.9. The molecule has 186 valence electrons. The van der Waals surface area contributed by atoms with Gasteiger partial charge in [-0.1, -0.05) is 24.3 Å². The van der Waals surface area contributed by atoms with Crippen molar-refractivity contribution >= 4 is 21.6 Å². The molecule has 34 heavy (non-hydrogen) atoms. The fraction of sp³-hybridized carbons (Fsp3) is 0.440. The average Bonchev–Trinajstić information content (AvgIpc) is 2.80. The Bertz CT molecular complexity index is 1000. The second kappa shape index (κ2) is 14.6. The molecule has 0 unspecified atom stereocenters. The van der Waals surface area contributed by atoms with Gasteiger partial charge < -0.3 is 15.2 Å². The molecule has 0 spiro atoms. The van der Waals surface area contributed by atoms with Gasteiger partial charge in [0, 0.05) is 32.2 Å². The highest BCUT2D eigenvalue weighted by atomic mass is 32.2. The third kappa shape index (κ3) is 11.0. The normalized spacial score (nSPS) is 11.4. The van der Waals surface area contributed by atoms with Gasteiger partial charge in [0.1, 0.15) is 17.3 Å². The standard InChI is InChI=1S/C25H34N2O6S/c26-14-17-32-16-13-22(28)4-2-1-3-15-33-24-9-5-20(6-10-24)18-23(29)19-21-7-11-25(12-8-21)34(27,30)31/h5-12H,1-4,13-19,26H2,(H2,27,30,31). The highest BCUT2D eigenvalue weighted by Gasteiger charge is 2.10. The van der Waals surface area contributed by atoms with E-state index in [4.69, 9.17) is 20.3 Å². The van der Waals surface area contributed by atoms with E-state index < -0.39 is 10.0 Å². The lowest BCUT2D eigenvalue weighted by Gasteiger charge is -2.08. The van der Waals surface area contributed by atoms with Crippen LogP contribution in [0.3, 0.4) is 0 Å². The zero-order valence-electron chi connectivity index (χ0n) is 19.4. The van der Waals surface area contributed by atoms with Gasteiger partial charge >= 0.3 is 0 Å². The molecule has 0 heterocycles. The average molecular weight is 491 g/mol. The molecule has 0 amide bonds. The zero-order chi connectivity index (χ0) is 24.8. The smallest absolute Gasteiger partial charge is 0.238 e. The second-order valence-corrected chi connectivity index (χ2v) is 9.64. The minimum absolute atomic E-state index is 0.0249. The minimum atomic E-state index is -3.74. The number of hydrogen-bond donors (Lipinski definition) is 2. The highest BCUT2D eigenvalue weighted by molar-refractivity contribution is 7.89. The maximum absolute atomic E-state index is 12.3. The van der Waals surface area contributed by atoms with E-state index in [9.17, 15) is 18.0 Å². The molecule has 2 aromatic carbocycles. The lowest BCUT2D eigenvalue weighted by Crippen LogP contribution is -2.12. The largest absolute Gasteiger partial charge is 0.494 e. The van der Waals surface area contributed by atoms with Gasteiger partial charge in [-0.15, -0.1) is 0 Å². The van der Waals surface area contributed by atoms with Gasteiger partial charge in [0.05, 0.1) is 24.7 Å². The number of ether oxygens (including phenoxy) is 2. The van der Waals surface area contributed by atoms with E-state index in [2.05, 4.69) is 0 Å². The molecule has 0 radical (unpaired) electrons. The van der Waals surface area contributed by atoms with E-state index in [-0.39, 0.29) is 29.3 Å². The Morgan fingerprint density at radius 1 is 0.735 bits per heavy atom. The third-order valence-corrected chi connectivity index (χ3v) is 6.06. The van der Waals surface area contributed by atoms with Crippen LogP contribution in [0.25, 0.3) is 0 Å². The Hall–Kier alpha value is -2.59. The Morgan fingerprint density at radius 3 is 1.94 bits per heavy atom. The van der Waals surface area contributed by atoms with Crippen LogP contribution in [0.2, 0.25) is 0 Å². The van der Waals surface area contributed by atoms with Crippen LogP contribution in [0.5, 0.6) is 5.75 Å². The van der Waals surface area contributed by atoms with E-state index >= 15 is 0 Å². The molecular weight excluding hydrogens is 456 g/mol. The Balaban J connectivity index is 1.62. The molecule has 0 fully saturated rings. The molecular formula is C25H34N2O6S. The third-order valence-electron chi connectivity index (χ3n) is 5.13. The van der Waals surface area contributed by atoms with Gasteiger partial charge in [-0.2, -0.15) is 0 Å². The Morgan fingerprint density at radius 2 is 1.35 bits per heavy atom. The first-order valence-corrected chi connectivity index (χ1v) is 13.0. The summed E-state index contributed by atoms with van der Waals surface area (Å²) in [5.74, 6) is 0.976. The highest BCUT2D eigenvalue weighted by Crippen LogP contribution is 2.15. The molecule has 0 atom stereocenters. The number of unbranched alkanes of at least 4 members (excludes halogenated alkanes) is 2. The number of carbonyl (C=O) groups is 2. The molecule has 8 nitrogen and oxygen atoms in total. The van der Waals surface area contributed by atoms with Crippen molar-refractivity contribution in [2.24, 2.45) is 10.9 Å². The van der Waals surface area contributed by atoms with E-state index in [0.717, 1.165) is 36.1 Å². The van der Waals surface area contributed by atoms with E-state index in [1.165, 1.54) is 12.1 Å². The van der Waals surface area contributed by atoms with E-state index in [1.54, 1.807) is 12.1 Å². The van der Waals surface area contributed by atoms with E-state index in [0.29, 0.717) is 39.2 Å². The zero-order valence-corrected chi connectivity index (χ0v) is 20.2. The molecule has 0 aromatic heterocycles. The van der Waals surface area contributed by atoms with Gasteiger partial charge in [0.15, 0.2) is 0 Å². The topological polar surface area (TPSA) is 139 Å². The molecule has 0 saturated carbocycles. The monoisotopic (exact) mass is 490 g/mol. The molecule has 2 aromatic rings. The van der Waals surface area contributed by atoms with Crippen LogP contribution >= 0.6 is 0 Å². The summed E-state index contributed by atoms with van der Waals surface area (Å²) in [6.45, 7) is 1.97. The van der Waals surface area contributed by atoms with Crippen molar-refractivity contribution < 1.29 is 27.5 Å². The van der Waals surface area contributed by atoms with Gasteiger partial charge in [-0.05, 0) is 54.7 Å². The number of ketones is 2. The maximum atomic E-state index is 12.3. The predicted octanol–water partition coefficient (Wildman–Crippen LogP) is 2.56. The number of sulfonamides is 1. The number of Topliss-reactive ketones (excluding diaryl/α,β-unsaturated/α-hetero) is 2. The first-order valence-electron chi connectivity index (χ1n) is 11.4. The predicted molar refractivity (Wildman–Crippen MR) is 130 cm³/mol. The van der Waals surface area contributed by atoms with Crippen LogP contribution in [-0.2, 0) is 37.2 Å². The summed E-state index contributed by atoms with van der Waals surface area (Å²) in [6.07, 6.45) is 4.11. The number of nitrogens with two attached hydrogens (primary N) is 2. The van der Waals surface area contributed by atoms with Crippen molar-refractivity contribution in [3.8, 4) is 5.75 Å². The number of primary sulfonamides is 1. The van der Waals surface area contributed by atoms with Gasteiger partial charge in [-0.25, -0.2) is 13.6 Å². The van der Waals surface area contributed by atoms with Gasteiger partial charge in [0.2, 0.25) is 10.0 Å². The number of carbonyl (C=O) groups excluding carboxylic acids is 2. The molecule has 0 bridgehead atoms. The first-order chi connectivity index (χ1) is 16.3. The van der Waals surface area contributed by atoms with Crippen LogP contribution in [0.1, 0.15) is 43.2 Å². The number of hydrogen-bond acceptors (Lipinski definition) is 7. The molecule has 0 aliphatic rings. The molecule has 9 heteroatoms. The van der Waals surface area contributed by atoms with Gasteiger partial charge in [-0.3, -0.25) is 9.59 Å². The summed E-state index contributed by atoms with van der Waals surface area (Å²) in [5, 5.41) is 5.08. The summed E-state index contributed by atoms with van der Waals surface area (Å²) in [7, 11) is -3.74. The van der Waals surface area contributed by atoms with Crippen molar-refractivity contribution in [2.45, 2.75) is 49.8 Å². The number of benzene rings is 2. The molecule has 0 saturated heterocycles. The molecule has 2 rings (SSSR count). The van der Waals surface area contributed by atoms with Crippen LogP contribution in [-0.4, -0.2) is 46.3 Å². The summed E-state index contributed by atoms with van der Waals surface area (Å²) in [4.78, 5) is 24.1. The quantitative estimate of drug-likeness (QED) is 0.325. The fourth-order valence-electron chi connectivity index (χ4n) is 3.31. The van der Waals surface area contributed by atoms with Crippen molar-refractivity contribution in [2.75, 3.05) is 26.4 Å².